The van der Waals surface area contributed by atoms with Gasteiger partial charge < -0.3 is 20.5 Å². The smallest absolute Gasteiger partial charge is 0.234 e. The molecule has 0 saturated heterocycles. The van der Waals surface area contributed by atoms with Crippen molar-refractivity contribution in [3.05, 3.63) is 76.5 Å². The summed E-state index contributed by atoms with van der Waals surface area (Å²) < 4.78 is 24.8. The lowest BCUT2D eigenvalue weighted by Crippen LogP contribution is -2.42. The largest absolute Gasteiger partial charge is 0.497 e. The van der Waals surface area contributed by atoms with E-state index in [9.17, 15) is 19.2 Å². The Bertz CT molecular complexity index is 1690. The van der Waals surface area contributed by atoms with Crippen LogP contribution < -0.4 is 25.4 Å². The van der Waals surface area contributed by atoms with Gasteiger partial charge in [0, 0.05) is 23.8 Å². The average Bonchev–Trinajstić information content (AvgIpc) is 3.44. The molecule has 13 heteroatoms. The standard InChI is InChI=1S/C30H29FN6O4S2/c1-30(2)12-21-26(22(38)13-30)25(16-5-7-17(31)8-6-16)19(14-32)27(33)37(21)28-35-36-29(43-28)42-15-24(39)34-20-10-9-18(40-3)11-23(20)41-4/h5-11,25H,12-13,15,33H2,1-4H3,(H,34,39). The molecular weight excluding hydrogens is 592 g/mol. The molecule has 1 aliphatic heterocycles. The van der Waals surface area contributed by atoms with Crippen molar-refractivity contribution in [2.75, 3.05) is 30.2 Å². The van der Waals surface area contributed by atoms with Crippen LogP contribution in [0.25, 0.3) is 0 Å². The number of halogens is 1. The summed E-state index contributed by atoms with van der Waals surface area (Å²) >= 11 is 2.39. The highest BCUT2D eigenvalue weighted by atomic mass is 32.2. The molecule has 5 rings (SSSR count). The molecule has 1 amide bonds. The van der Waals surface area contributed by atoms with E-state index >= 15 is 0 Å². The molecule has 1 aromatic heterocycles. The molecule has 3 N–H and O–H groups in total. The fraction of sp³-hybridized carbons (Fsp3) is 0.300. The van der Waals surface area contributed by atoms with Crippen molar-refractivity contribution in [1.82, 2.24) is 10.2 Å². The van der Waals surface area contributed by atoms with Crippen molar-refractivity contribution >= 4 is 45.6 Å². The monoisotopic (exact) mass is 620 g/mol. The second-order valence-electron chi connectivity index (χ2n) is 10.8. The number of nitrogens with zero attached hydrogens (tertiary/aromatic N) is 4. The minimum Gasteiger partial charge on any atom is -0.497 e. The summed E-state index contributed by atoms with van der Waals surface area (Å²) in [6.07, 6.45) is 0.792. The number of nitrogens with two attached hydrogens (primary N) is 1. The molecule has 43 heavy (non-hydrogen) atoms. The summed E-state index contributed by atoms with van der Waals surface area (Å²) in [4.78, 5) is 28.0. The van der Waals surface area contributed by atoms with Crippen molar-refractivity contribution in [3.8, 4) is 17.6 Å². The number of allylic oxidation sites excluding steroid dienone is 3. The number of hydrogen-bond donors (Lipinski definition) is 2. The van der Waals surface area contributed by atoms with Crippen LogP contribution in [0.1, 0.15) is 38.2 Å². The molecule has 0 radical (unpaired) electrons. The van der Waals surface area contributed by atoms with Crippen molar-refractivity contribution in [2.45, 2.75) is 36.9 Å². The molecule has 2 heterocycles. The lowest BCUT2D eigenvalue weighted by molar-refractivity contribution is -0.118. The van der Waals surface area contributed by atoms with Gasteiger partial charge in [0.25, 0.3) is 0 Å². The minimum atomic E-state index is -0.721. The number of Topliss-reactive ketones (excluding diaryl/α,β-unsaturated/α-hetero) is 1. The number of hydrogen-bond acceptors (Lipinski definition) is 11. The number of benzene rings is 2. The van der Waals surface area contributed by atoms with E-state index < -0.39 is 11.7 Å². The van der Waals surface area contributed by atoms with Crippen LogP contribution >= 0.6 is 23.1 Å². The van der Waals surface area contributed by atoms with E-state index in [2.05, 4.69) is 21.6 Å². The average molecular weight is 621 g/mol. The molecule has 1 atom stereocenters. The Balaban J connectivity index is 1.42. The zero-order valence-corrected chi connectivity index (χ0v) is 25.6. The summed E-state index contributed by atoms with van der Waals surface area (Å²) in [6.45, 7) is 3.99. The lowest BCUT2D eigenvalue weighted by atomic mass is 9.69. The van der Waals surface area contributed by atoms with Gasteiger partial charge in [-0.25, -0.2) is 4.39 Å². The molecule has 0 spiro atoms. The van der Waals surface area contributed by atoms with Gasteiger partial charge in [-0.15, -0.1) is 10.2 Å². The molecule has 0 bridgehead atoms. The van der Waals surface area contributed by atoms with E-state index in [1.54, 1.807) is 42.3 Å². The fourth-order valence-electron chi connectivity index (χ4n) is 5.28. The Labute approximate surface area is 256 Å². The van der Waals surface area contributed by atoms with Crippen LogP contribution in [0.3, 0.4) is 0 Å². The number of amides is 1. The quantitative estimate of drug-likeness (QED) is 0.316. The number of aromatic nitrogens is 2. The van der Waals surface area contributed by atoms with Crippen LogP contribution in [0.15, 0.2) is 69.5 Å². The third kappa shape index (κ3) is 6.07. The summed E-state index contributed by atoms with van der Waals surface area (Å²) in [7, 11) is 3.05. The molecule has 1 aliphatic carbocycles. The third-order valence-electron chi connectivity index (χ3n) is 7.18. The zero-order valence-electron chi connectivity index (χ0n) is 23.9. The molecule has 2 aromatic carbocycles. The van der Waals surface area contributed by atoms with E-state index in [1.165, 1.54) is 42.3 Å². The molecule has 3 aromatic rings. The van der Waals surface area contributed by atoms with E-state index in [4.69, 9.17) is 15.2 Å². The van der Waals surface area contributed by atoms with Crippen molar-refractivity contribution < 1.29 is 23.5 Å². The molecular formula is C30H29FN6O4S2. The van der Waals surface area contributed by atoms with Gasteiger partial charge in [0.2, 0.25) is 11.0 Å². The number of methoxy groups -OCH3 is 2. The number of nitriles is 1. The van der Waals surface area contributed by atoms with E-state index in [0.29, 0.717) is 56.3 Å². The van der Waals surface area contributed by atoms with Crippen LogP contribution in [-0.4, -0.2) is 41.9 Å². The maximum absolute atomic E-state index is 13.8. The first-order valence-electron chi connectivity index (χ1n) is 13.2. The molecule has 222 valence electrons. The highest BCUT2D eigenvalue weighted by molar-refractivity contribution is 8.01. The topological polar surface area (TPSA) is 143 Å². The fourth-order valence-corrected chi connectivity index (χ4v) is 6.96. The Morgan fingerprint density at radius 2 is 1.95 bits per heavy atom. The van der Waals surface area contributed by atoms with Gasteiger partial charge in [0.1, 0.15) is 23.1 Å². The highest BCUT2D eigenvalue weighted by Crippen LogP contribution is 2.50. The first-order valence-corrected chi connectivity index (χ1v) is 15.0. The maximum atomic E-state index is 13.8. The highest BCUT2D eigenvalue weighted by Gasteiger charge is 2.45. The second-order valence-corrected chi connectivity index (χ2v) is 13.0. The second kappa shape index (κ2) is 12.1. The van der Waals surface area contributed by atoms with Gasteiger partial charge in [0.15, 0.2) is 10.1 Å². The van der Waals surface area contributed by atoms with Crippen molar-refractivity contribution in [1.29, 1.82) is 5.26 Å². The van der Waals surface area contributed by atoms with E-state index in [-0.39, 0.29) is 34.3 Å². The molecule has 2 aliphatic rings. The third-order valence-corrected chi connectivity index (χ3v) is 9.22. The molecule has 10 nitrogen and oxygen atoms in total. The molecule has 0 fully saturated rings. The van der Waals surface area contributed by atoms with Gasteiger partial charge in [0.05, 0.1) is 43.2 Å². The predicted molar refractivity (Wildman–Crippen MR) is 162 cm³/mol. The first-order chi connectivity index (χ1) is 20.5. The lowest BCUT2D eigenvalue weighted by Gasteiger charge is -2.42. The van der Waals surface area contributed by atoms with Gasteiger partial charge >= 0.3 is 0 Å². The molecule has 1 unspecified atom stereocenters. The number of nitrogens with one attached hydrogen (secondary N) is 1. The number of ether oxygens (including phenoxy) is 2. The van der Waals surface area contributed by atoms with Gasteiger partial charge in [-0.2, -0.15) is 5.26 Å². The van der Waals surface area contributed by atoms with Crippen LogP contribution in [0.4, 0.5) is 15.2 Å². The predicted octanol–water partition coefficient (Wildman–Crippen LogP) is 5.37. The van der Waals surface area contributed by atoms with E-state index in [1.807, 2.05) is 13.8 Å². The van der Waals surface area contributed by atoms with Crippen molar-refractivity contribution in [3.63, 3.8) is 0 Å². The Morgan fingerprint density at radius 1 is 1.21 bits per heavy atom. The number of carbonyl (C=O) groups is 2. The maximum Gasteiger partial charge on any atom is 0.234 e. The summed E-state index contributed by atoms with van der Waals surface area (Å²) in [6, 6.07) is 13.0. The molecule has 0 saturated carbocycles. The summed E-state index contributed by atoms with van der Waals surface area (Å²) in [5.74, 6) is -0.274. The number of anilines is 2. The van der Waals surface area contributed by atoms with Crippen LogP contribution in [0.5, 0.6) is 11.5 Å². The number of ketones is 1. The van der Waals surface area contributed by atoms with Crippen molar-refractivity contribution in [2.24, 2.45) is 11.1 Å². The number of carbonyl (C=O) groups excluding carboxylic acids is 2. The first kappa shape index (κ1) is 30.1. The van der Waals surface area contributed by atoms with Gasteiger partial charge in [-0.05, 0) is 41.7 Å². The SMILES string of the molecule is COc1ccc(NC(=O)CSc2nnc(N3C(N)=C(C#N)C(c4ccc(F)cc4)C4=C3CC(C)(C)CC4=O)s2)c(OC)c1. The van der Waals surface area contributed by atoms with Crippen LogP contribution in [0, 0.1) is 22.6 Å². The Kier molecular flexibility index (Phi) is 8.43. The van der Waals surface area contributed by atoms with E-state index in [0.717, 1.165) is 0 Å². The van der Waals surface area contributed by atoms with Gasteiger partial charge in [-0.3, -0.25) is 14.5 Å². The summed E-state index contributed by atoms with van der Waals surface area (Å²) in [5, 5.41) is 22.0. The Hall–Kier alpha value is -4.41. The Morgan fingerprint density at radius 3 is 2.63 bits per heavy atom. The number of rotatable bonds is 8. The van der Waals surface area contributed by atoms with Gasteiger partial charge in [-0.1, -0.05) is 49.1 Å². The van der Waals surface area contributed by atoms with Crippen LogP contribution in [0.2, 0.25) is 0 Å². The zero-order chi connectivity index (χ0) is 30.9. The number of thioether (sulfide) groups is 1. The summed E-state index contributed by atoms with van der Waals surface area (Å²) in [5.41, 5.74) is 8.65. The minimum absolute atomic E-state index is 0.0463. The normalized spacial score (nSPS) is 17.8. The van der Waals surface area contributed by atoms with Crippen LogP contribution in [-0.2, 0) is 9.59 Å².